The van der Waals surface area contributed by atoms with Gasteiger partial charge in [-0.1, -0.05) is 0 Å². The van der Waals surface area contributed by atoms with E-state index in [0.29, 0.717) is 6.54 Å². The van der Waals surface area contributed by atoms with Crippen LogP contribution in [0, 0.1) is 5.92 Å². The molecular weight excluding hydrogens is 207 g/mol. The highest BCUT2D eigenvalue weighted by Gasteiger charge is 2.42. The summed E-state index contributed by atoms with van der Waals surface area (Å²) in [4.78, 5) is 0. The molecule has 2 heterocycles. The maximum absolute atomic E-state index is 12.5. The van der Waals surface area contributed by atoms with Gasteiger partial charge in [0.1, 0.15) is 0 Å². The molecule has 0 bridgehead atoms. The molecule has 84 valence electrons. The third kappa shape index (κ3) is 2.31. The Morgan fingerprint density at radius 1 is 1.40 bits per heavy atom. The van der Waals surface area contributed by atoms with Crippen LogP contribution in [0.3, 0.4) is 0 Å². The van der Waals surface area contributed by atoms with E-state index >= 15 is 0 Å². The van der Waals surface area contributed by atoms with E-state index in [2.05, 4.69) is 15.5 Å². The van der Waals surface area contributed by atoms with E-state index in [1.807, 2.05) is 0 Å². The Bertz CT molecular complexity index is 307. The van der Waals surface area contributed by atoms with E-state index in [0.717, 1.165) is 5.69 Å². The van der Waals surface area contributed by atoms with E-state index in [4.69, 9.17) is 0 Å². The standard InChI is InChI=1S/C9H12F3N3/c10-9(11,12)6-1-3-13-8(5-6)7-2-4-14-15-7/h2,4,6,8,13H,1,3,5H2,(H,14,15)/t6-,8+/m0/s1. The Morgan fingerprint density at radius 2 is 2.20 bits per heavy atom. The normalized spacial score (nSPS) is 27.9. The third-order valence-corrected chi connectivity index (χ3v) is 2.76. The molecule has 0 unspecified atom stereocenters. The van der Waals surface area contributed by atoms with Crippen molar-refractivity contribution in [3.05, 3.63) is 18.0 Å². The first-order valence-corrected chi connectivity index (χ1v) is 4.87. The number of halogens is 3. The lowest BCUT2D eigenvalue weighted by atomic mass is 9.90. The van der Waals surface area contributed by atoms with Gasteiger partial charge in [0.2, 0.25) is 0 Å². The van der Waals surface area contributed by atoms with Crippen molar-refractivity contribution in [1.82, 2.24) is 15.5 Å². The number of alkyl halides is 3. The van der Waals surface area contributed by atoms with Crippen LogP contribution >= 0.6 is 0 Å². The minimum absolute atomic E-state index is 0.0890. The smallest absolute Gasteiger partial charge is 0.309 e. The van der Waals surface area contributed by atoms with Gasteiger partial charge in [0.15, 0.2) is 0 Å². The second-order valence-electron chi connectivity index (χ2n) is 3.78. The summed E-state index contributed by atoms with van der Waals surface area (Å²) in [5.74, 6) is -1.20. The first-order valence-electron chi connectivity index (χ1n) is 4.87. The average molecular weight is 219 g/mol. The van der Waals surface area contributed by atoms with Gasteiger partial charge in [-0.25, -0.2) is 0 Å². The van der Waals surface area contributed by atoms with Crippen molar-refractivity contribution in [2.45, 2.75) is 25.1 Å². The minimum Gasteiger partial charge on any atom is -0.309 e. The van der Waals surface area contributed by atoms with E-state index < -0.39 is 12.1 Å². The van der Waals surface area contributed by atoms with Gasteiger partial charge in [-0.2, -0.15) is 18.3 Å². The Balaban J connectivity index is 2.05. The zero-order valence-electron chi connectivity index (χ0n) is 8.01. The van der Waals surface area contributed by atoms with Gasteiger partial charge in [-0.15, -0.1) is 0 Å². The maximum Gasteiger partial charge on any atom is 0.391 e. The van der Waals surface area contributed by atoms with Crippen LogP contribution in [-0.2, 0) is 0 Å². The monoisotopic (exact) mass is 219 g/mol. The summed E-state index contributed by atoms with van der Waals surface area (Å²) in [5.41, 5.74) is 0.726. The Labute approximate surface area is 85.1 Å². The van der Waals surface area contributed by atoms with Crippen LogP contribution in [-0.4, -0.2) is 22.9 Å². The molecule has 0 aromatic carbocycles. The van der Waals surface area contributed by atoms with Crippen LogP contribution in [0.1, 0.15) is 24.6 Å². The fraction of sp³-hybridized carbons (Fsp3) is 0.667. The van der Waals surface area contributed by atoms with Crippen molar-refractivity contribution >= 4 is 0 Å². The van der Waals surface area contributed by atoms with Crippen molar-refractivity contribution < 1.29 is 13.2 Å². The number of hydrogen-bond acceptors (Lipinski definition) is 2. The van der Waals surface area contributed by atoms with Crippen LogP contribution in [0.25, 0.3) is 0 Å². The van der Waals surface area contributed by atoms with E-state index in [9.17, 15) is 13.2 Å². The molecule has 1 aliphatic heterocycles. The van der Waals surface area contributed by atoms with Gasteiger partial charge in [0.25, 0.3) is 0 Å². The highest BCUT2D eigenvalue weighted by atomic mass is 19.4. The van der Waals surface area contributed by atoms with Crippen molar-refractivity contribution in [1.29, 1.82) is 0 Å². The summed E-state index contributed by atoms with van der Waals surface area (Å²) in [6.07, 6.45) is -2.28. The van der Waals surface area contributed by atoms with Gasteiger partial charge >= 0.3 is 6.18 Å². The molecule has 2 atom stereocenters. The summed E-state index contributed by atoms with van der Waals surface area (Å²) in [7, 11) is 0. The van der Waals surface area contributed by atoms with Gasteiger partial charge in [0, 0.05) is 12.2 Å². The summed E-state index contributed by atoms with van der Waals surface area (Å²) in [6, 6.07) is 1.45. The summed E-state index contributed by atoms with van der Waals surface area (Å²) in [5, 5.41) is 9.49. The maximum atomic E-state index is 12.5. The Morgan fingerprint density at radius 3 is 2.80 bits per heavy atom. The van der Waals surface area contributed by atoms with Crippen LogP contribution in [0.2, 0.25) is 0 Å². The molecule has 3 nitrogen and oxygen atoms in total. The lowest BCUT2D eigenvalue weighted by Gasteiger charge is -2.30. The van der Waals surface area contributed by atoms with Crippen LogP contribution in [0.5, 0.6) is 0 Å². The number of hydrogen-bond donors (Lipinski definition) is 2. The fourth-order valence-corrected chi connectivity index (χ4v) is 1.91. The van der Waals surface area contributed by atoms with E-state index in [-0.39, 0.29) is 18.9 Å². The topological polar surface area (TPSA) is 40.7 Å². The van der Waals surface area contributed by atoms with Crippen LogP contribution in [0.15, 0.2) is 12.3 Å². The Hall–Kier alpha value is -1.04. The number of nitrogens with zero attached hydrogens (tertiary/aromatic N) is 1. The number of nitrogens with one attached hydrogen (secondary N) is 2. The zero-order valence-corrected chi connectivity index (χ0v) is 8.01. The average Bonchev–Trinajstić information content (AvgIpc) is 2.69. The molecule has 1 saturated heterocycles. The SMILES string of the molecule is FC(F)(F)[C@H]1CCN[C@@H](c2ccn[nH]2)C1. The zero-order chi connectivity index (χ0) is 10.9. The molecule has 2 N–H and O–H groups in total. The summed E-state index contributed by atoms with van der Waals surface area (Å²) < 4.78 is 37.5. The minimum atomic E-state index is -4.08. The quantitative estimate of drug-likeness (QED) is 0.758. The highest BCUT2D eigenvalue weighted by Crippen LogP contribution is 2.37. The molecule has 6 heteroatoms. The van der Waals surface area contributed by atoms with Gasteiger partial charge in [-0.3, -0.25) is 5.10 Å². The molecule has 0 amide bonds. The molecule has 1 fully saturated rings. The van der Waals surface area contributed by atoms with Gasteiger partial charge in [0.05, 0.1) is 11.6 Å². The first-order chi connectivity index (χ1) is 7.07. The molecule has 2 rings (SSSR count). The van der Waals surface area contributed by atoms with Gasteiger partial charge in [-0.05, 0) is 25.5 Å². The number of piperidine rings is 1. The molecule has 0 saturated carbocycles. The molecule has 0 spiro atoms. The number of aromatic amines is 1. The molecule has 1 aromatic heterocycles. The first kappa shape index (κ1) is 10.5. The Kier molecular flexibility index (Phi) is 2.68. The molecule has 15 heavy (non-hydrogen) atoms. The molecular formula is C9H12F3N3. The molecule has 1 aliphatic rings. The predicted octanol–water partition coefficient (Wildman–Crippen LogP) is 2.01. The fourth-order valence-electron chi connectivity index (χ4n) is 1.91. The van der Waals surface area contributed by atoms with E-state index in [1.54, 1.807) is 12.3 Å². The number of rotatable bonds is 1. The van der Waals surface area contributed by atoms with Crippen molar-refractivity contribution in [2.24, 2.45) is 5.92 Å². The van der Waals surface area contributed by atoms with Crippen LogP contribution < -0.4 is 5.32 Å². The largest absolute Gasteiger partial charge is 0.391 e. The van der Waals surface area contributed by atoms with Crippen molar-refractivity contribution in [2.75, 3.05) is 6.54 Å². The number of H-pyrrole nitrogens is 1. The summed E-state index contributed by atoms with van der Waals surface area (Å²) >= 11 is 0. The lowest BCUT2D eigenvalue weighted by Crippen LogP contribution is -2.38. The van der Waals surface area contributed by atoms with Crippen molar-refractivity contribution in [3.63, 3.8) is 0 Å². The third-order valence-electron chi connectivity index (χ3n) is 2.76. The molecule has 1 aromatic rings. The number of aromatic nitrogens is 2. The molecule has 0 radical (unpaired) electrons. The van der Waals surface area contributed by atoms with E-state index in [1.165, 1.54) is 0 Å². The van der Waals surface area contributed by atoms with Crippen molar-refractivity contribution in [3.8, 4) is 0 Å². The second-order valence-corrected chi connectivity index (χ2v) is 3.78. The summed E-state index contributed by atoms with van der Waals surface area (Å²) in [6.45, 7) is 0.397. The van der Waals surface area contributed by atoms with Gasteiger partial charge < -0.3 is 5.32 Å². The van der Waals surface area contributed by atoms with Crippen LogP contribution in [0.4, 0.5) is 13.2 Å². The second kappa shape index (κ2) is 3.84. The molecule has 0 aliphatic carbocycles. The predicted molar refractivity (Wildman–Crippen MR) is 48.1 cm³/mol. The highest BCUT2D eigenvalue weighted by molar-refractivity contribution is 5.06. The lowest BCUT2D eigenvalue weighted by molar-refractivity contribution is -0.183.